The lowest BCUT2D eigenvalue weighted by molar-refractivity contribution is -0.125. The Bertz CT molecular complexity index is 766. The van der Waals surface area contributed by atoms with E-state index in [2.05, 4.69) is 10.2 Å². The first-order valence-electron chi connectivity index (χ1n) is 7.99. The summed E-state index contributed by atoms with van der Waals surface area (Å²) in [6, 6.07) is 7.71. The molecule has 126 valence electrons. The Morgan fingerprint density at radius 1 is 1.50 bits per heavy atom. The number of hydrogen-bond donors (Lipinski definition) is 2. The zero-order chi connectivity index (χ0) is 17.1. The fourth-order valence-corrected chi connectivity index (χ4v) is 3.06. The summed E-state index contributed by atoms with van der Waals surface area (Å²) < 4.78 is 5.23. The first kappa shape index (κ1) is 16.1. The number of H-pyrrole nitrogens is 1. The SMILES string of the molecule is COc1cccc(C(C)=CC(=O)N2CCC(c3[nH]ncc3N)C2)c1. The van der Waals surface area contributed by atoms with Crippen LogP contribution < -0.4 is 10.5 Å². The van der Waals surface area contributed by atoms with E-state index in [9.17, 15) is 4.79 Å². The first-order chi connectivity index (χ1) is 11.6. The van der Waals surface area contributed by atoms with Crippen molar-refractivity contribution in [3.63, 3.8) is 0 Å². The Kier molecular flexibility index (Phi) is 4.55. The number of benzene rings is 1. The zero-order valence-electron chi connectivity index (χ0n) is 14.0. The minimum atomic E-state index is 0.0240. The summed E-state index contributed by atoms with van der Waals surface area (Å²) >= 11 is 0. The molecule has 1 fully saturated rings. The van der Waals surface area contributed by atoms with E-state index >= 15 is 0 Å². The highest BCUT2D eigenvalue weighted by Gasteiger charge is 2.28. The Morgan fingerprint density at radius 3 is 3.04 bits per heavy atom. The first-order valence-corrected chi connectivity index (χ1v) is 7.99. The van der Waals surface area contributed by atoms with Gasteiger partial charge in [0.1, 0.15) is 5.75 Å². The quantitative estimate of drug-likeness (QED) is 0.845. The fourth-order valence-electron chi connectivity index (χ4n) is 3.06. The van der Waals surface area contributed by atoms with Crippen molar-refractivity contribution in [3.8, 4) is 5.75 Å². The van der Waals surface area contributed by atoms with Gasteiger partial charge in [0.15, 0.2) is 0 Å². The number of carbonyl (C=O) groups is 1. The molecule has 1 unspecified atom stereocenters. The number of nitrogens with two attached hydrogens (primary N) is 1. The van der Waals surface area contributed by atoms with E-state index in [4.69, 9.17) is 10.5 Å². The summed E-state index contributed by atoms with van der Waals surface area (Å²) in [6.45, 7) is 3.32. The average Bonchev–Trinajstić information content (AvgIpc) is 3.23. The zero-order valence-corrected chi connectivity index (χ0v) is 14.0. The Hall–Kier alpha value is -2.76. The monoisotopic (exact) mass is 326 g/mol. The van der Waals surface area contributed by atoms with Gasteiger partial charge in [-0.3, -0.25) is 9.89 Å². The van der Waals surface area contributed by atoms with Gasteiger partial charge in [-0.15, -0.1) is 0 Å². The Morgan fingerprint density at radius 2 is 2.33 bits per heavy atom. The van der Waals surface area contributed by atoms with Crippen molar-refractivity contribution in [2.24, 2.45) is 0 Å². The van der Waals surface area contributed by atoms with Crippen LogP contribution in [0.2, 0.25) is 0 Å². The van der Waals surface area contributed by atoms with Crippen LogP contribution in [0.15, 0.2) is 36.5 Å². The predicted molar refractivity (Wildman–Crippen MR) is 93.6 cm³/mol. The van der Waals surface area contributed by atoms with Gasteiger partial charge in [-0.2, -0.15) is 5.10 Å². The second kappa shape index (κ2) is 6.78. The molecule has 6 heteroatoms. The molecule has 24 heavy (non-hydrogen) atoms. The molecule has 3 rings (SSSR count). The van der Waals surface area contributed by atoms with Crippen LogP contribution in [0, 0.1) is 0 Å². The van der Waals surface area contributed by atoms with Crippen molar-refractivity contribution in [1.29, 1.82) is 0 Å². The summed E-state index contributed by atoms with van der Waals surface area (Å²) in [6.07, 6.45) is 4.20. The lowest BCUT2D eigenvalue weighted by Gasteiger charge is -2.15. The van der Waals surface area contributed by atoms with Crippen LogP contribution in [-0.2, 0) is 4.79 Å². The number of allylic oxidation sites excluding steroid dienone is 1. The number of anilines is 1. The number of amides is 1. The van der Waals surface area contributed by atoms with Crippen molar-refractivity contribution in [1.82, 2.24) is 15.1 Å². The molecule has 1 atom stereocenters. The fraction of sp³-hybridized carbons (Fsp3) is 0.333. The van der Waals surface area contributed by atoms with Crippen LogP contribution in [0.25, 0.3) is 5.57 Å². The molecule has 2 heterocycles. The standard InChI is InChI=1S/C18H22N4O2/c1-12(13-4-3-5-15(9-13)24-2)8-17(23)22-7-6-14(11-22)18-16(19)10-20-21-18/h3-5,8-10,14H,6-7,11,19H2,1-2H3,(H,20,21). The summed E-state index contributed by atoms with van der Waals surface area (Å²) in [7, 11) is 1.63. The average molecular weight is 326 g/mol. The third-order valence-corrected chi connectivity index (χ3v) is 4.47. The number of nitrogens with one attached hydrogen (secondary N) is 1. The number of ether oxygens (including phenoxy) is 1. The highest BCUT2D eigenvalue weighted by atomic mass is 16.5. The van der Waals surface area contributed by atoms with Crippen molar-refractivity contribution in [2.45, 2.75) is 19.3 Å². The van der Waals surface area contributed by atoms with Crippen molar-refractivity contribution < 1.29 is 9.53 Å². The van der Waals surface area contributed by atoms with Gasteiger partial charge in [0.25, 0.3) is 0 Å². The molecule has 0 bridgehead atoms. The molecule has 0 aliphatic carbocycles. The van der Waals surface area contributed by atoms with Crippen LogP contribution in [0.5, 0.6) is 5.75 Å². The smallest absolute Gasteiger partial charge is 0.246 e. The van der Waals surface area contributed by atoms with Crippen molar-refractivity contribution in [3.05, 3.63) is 47.8 Å². The molecule has 1 aliphatic rings. The van der Waals surface area contributed by atoms with Crippen LogP contribution in [0.4, 0.5) is 5.69 Å². The second-order valence-electron chi connectivity index (χ2n) is 6.07. The topological polar surface area (TPSA) is 84.2 Å². The van der Waals surface area contributed by atoms with Gasteiger partial charge in [0, 0.05) is 25.1 Å². The van der Waals surface area contributed by atoms with Gasteiger partial charge in [0.05, 0.1) is 24.7 Å². The number of hydrogen-bond acceptors (Lipinski definition) is 4. The lowest BCUT2D eigenvalue weighted by Crippen LogP contribution is -2.27. The molecule has 1 aliphatic heterocycles. The molecule has 3 N–H and O–H groups in total. The van der Waals surface area contributed by atoms with Crippen LogP contribution in [0.1, 0.15) is 30.5 Å². The molecule has 1 aromatic heterocycles. The molecule has 0 saturated carbocycles. The maximum atomic E-state index is 12.5. The largest absolute Gasteiger partial charge is 0.497 e. The van der Waals surface area contributed by atoms with E-state index in [1.54, 1.807) is 19.4 Å². The molecule has 2 aromatic rings. The van der Waals surface area contributed by atoms with Crippen molar-refractivity contribution in [2.75, 3.05) is 25.9 Å². The molecule has 0 radical (unpaired) electrons. The van der Waals surface area contributed by atoms with Crippen LogP contribution in [-0.4, -0.2) is 41.2 Å². The number of aromatic amines is 1. The highest BCUT2D eigenvalue weighted by Crippen LogP contribution is 2.29. The number of aromatic nitrogens is 2. The Labute approximate surface area is 141 Å². The number of nitrogens with zero attached hydrogens (tertiary/aromatic N) is 2. The van der Waals surface area contributed by atoms with Crippen molar-refractivity contribution >= 4 is 17.2 Å². The van der Waals surface area contributed by atoms with Gasteiger partial charge in [-0.25, -0.2) is 0 Å². The normalized spacial score (nSPS) is 18.0. The van der Waals surface area contributed by atoms with Gasteiger partial charge in [-0.05, 0) is 36.6 Å². The van der Waals surface area contributed by atoms with Crippen LogP contribution in [0.3, 0.4) is 0 Å². The number of nitrogen functional groups attached to an aromatic ring is 1. The molecule has 1 saturated heterocycles. The number of methoxy groups -OCH3 is 1. The number of rotatable bonds is 4. The molecule has 1 amide bonds. The molecule has 1 aromatic carbocycles. The molecule has 0 spiro atoms. The lowest BCUT2D eigenvalue weighted by atomic mass is 10.0. The third kappa shape index (κ3) is 3.27. The maximum absolute atomic E-state index is 12.5. The van der Waals surface area contributed by atoms with Crippen LogP contribution >= 0.6 is 0 Å². The van der Waals surface area contributed by atoms with E-state index in [1.165, 1.54) is 0 Å². The second-order valence-corrected chi connectivity index (χ2v) is 6.07. The summed E-state index contributed by atoms with van der Waals surface area (Å²) in [5.74, 6) is 1.03. The van der Waals surface area contributed by atoms with Gasteiger partial charge >= 0.3 is 0 Å². The predicted octanol–water partition coefficient (Wildman–Crippen LogP) is 2.42. The minimum Gasteiger partial charge on any atom is -0.497 e. The summed E-state index contributed by atoms with van der Waals surface area (Å²) in [5, 5.41) is 6.91. The highest BCUT2D eigenvalue weighted by molar-refractivity contribution is 5.95. The summed E-state index contributed by atoms with van der Waals surface area (Å²) in [4.78, 5) is 14.4. The number of carbonyl (C=O) groups excluding carboxylic acids is 1. The molecule has 6 nitrogen and oxygen atoms in total. The van der Waals surface area contributed by atoms with E-state index < -0.39 is 0 Å². The van der Waals surface area contributed by atoms with E-state index in [0.717, 1.165) is 35.5 Å². The van der Waals surface area contributed by atoms with E-state index in [-0.39, 0.29) is 11.8 Å². The molecular formula is C18H22N4O2. The Balaban J connectivity index is 1.69. The van der Waals surface area contributed by atoms with Gasteiger partial charge in [0.2, 0.25) is 5.91 Å². The maximum Gasteiger partial charge on any atom is 0.246 e. The van der Waals surface area contributed by atoms with E-state index in [1.807, 2.05) is 36.1 Å². The van der Waals surface area contributed by atoms with E-state index in [0.29, 0.717) is 12.2 Å². The minimum absolute atomic E-state index is 0.0240. The van der Waals surface area contributed by atoms with Gasteiger partial charge in [-0.1, -0.05) is 12.1 Å². The molecular weight excluding hydrogens is 304 g/mol. The number of likely N-dealkylation sites (tertiary alicyclic amines) is 1. The van der Waals surface area contributed by atoms with Gasteiger partial charge < -0.3 is 15.4 Å². The third-order valence-electron chi connectivity index (χ3n) is 4.47. The summed E-state index contributed by atoms with van der Waals surface area (Å²) in [5.41, 5.74) is 9.40.